The summed E-state index contributed by atoms with van der Waals surface area (Å²) in [4.78, 5) is 1.25. The number of aliphatic hydroxyl groups excluding tert-OH is 1. The van der Waals surface area contributed by atoms with Gasteiger partial charge in [-0.25, -0.2) is 0 Å². The molecule has 2 rings (SSSR count). The molecule has 0 spiro atoms. The maximum absolute atomic E-state index is 10.2. The summed E-state index contributed by atoms with van der Waals surface area (Å²) in [5.41, 5.74) is 1.88. The molecule has 2 heteroatoms. The second kappa shape index (κ2) is 5.89. The highest BCUT2D eigenvalue weighted by atomic mass is 32.2. The van der Waals surface area contributed by atoms with Gasteiger partial charge in [-0.15, -0.1) is 11.8 Å². The van der Waals surface area contributed by atoms with Crippen LogP contribution in [-0.4, -0.2) is 10.9 Å². The Morgan fingerprint density at radius 3 is 2.12 bits per heavy atom. The lowest BCUT2D eigenvalue weighted by Gasteiger charge is -2.11. The second-order valence-corrected chi connectivity index (χ2v) is 5.15. The zero-order valence-corrected chi connectivity index (χ0v) is 10.7. The number of rotatable bonds is 4. The lowest BCUT2D eigenvalue weighted by Crippen LogP contribution is -1.98. The number of aliphatic hydroxyl groups is 1. The van der Waals surface area contributed by atoms with Crippen LogP contribution in [0.4, 0.5) is 0 Å². The van der Waals surface area contributed by atoms with E-state index in [9.17, 15) is 5.11 Å². The van der Waals surface area contributed by atoms with Crippen LogP contribution in [0, 0.1) is 0 Å². The first-order valence-electron chi connectivity index (χ1n) is 5.77. The third-order valence-corrected chi connectivity index (χ3v) is 3.52. The van der Waals surface area contributed by atoms with Crippen molar-refractivity contribution in [2.24, 2.45) is 0 Å². The summed E-state index contributed by atoms with van der Waals surface area (Å²) in [5, 5.41) is 10.2. The largest absolute Gasteiger partial charge is 0.384 e. The first kappa shape index (κ1) is 12.2. The number of hydrogen-bond donors (Lipinski definition) is 1. The molecule has 88 valence electrons. The minimum absolute atomic E-state index is 0.531. The van der Waals surface area contributed by atoms with E-state index in [1.807, 2.05) is 54.2 Å². The average Bonchev–Trinajstić information content (AvgIpc) is 2.40. The summed E-state index contributed by atoms with van der Waals surface area (Å²) in [6.45, 7) is 2.14. The predicted molar refractivity (Wildman–Crippen MR) is 73.3 cm³/mol. The lowest BCUT2D eigenvalue weighted by atomic mass is 10.0. The number of hydrogen-bond acceptors (Lipinski definition) is 2. The molecular weight excluding hydrogens is 228 g/mol. The summed E-state index contributed by atoms with van der Waals surface area (Å²) < 4.78 is 0. The third-order valence-electron chi connectivity index (χ3n) is 2.62. The quantitative estimate of drug-likeness (QED) is 0.824. The predicted octanol–water partition coefficient (Wildman–Crippen LogP) is 3.88. The molecule has 0 unspecified atom stereocenters. The number of benzene rings is 2. The Hall–Kier alpha value is -1.25. The molecule has 2 aromatic rings. The minimum atomic E-state index is -0.531. The van der Waals surface area contributed by atoms with Crippen molar-refractivity contribution in [2.45, 2.75) is 17.9 Å². The van der Waals surface area contributed by atoms with Crippen LogP contribution in [0.25, 0.3) is 0 Å². The Kier molecular flexibility index (Phi) is 4.24. The molecule has 0 aromatic heterocycles. The van der Waals surface area contributed by atoms with E-state index in [1.54, 1.807) is 0 Å². The van der Waals surface area contributed by atoms with Gasteiger partial charge in [0.25, 0.3) is 0 Å². The molecule has 1 N–H and O–H groups in total. The third kappa shape index (κ3) is 3.11. The van der Waals surface area contributed by atoms with Crippen molar-refractivity contribution in [2.75, 3.05) is 5.75 Å². The van der Waals surface area contributed by atoms with Gasteiger partial charge in [0, 0.05) is 4.90 Å². The first-order valence-corrected chi connectivity index (χ1v) is 6.75. The molecule has 0 bridgehead atoms. The van der Waals surface area contributed by atoms with Gasteiger partial charge in [-0.2, -0.15) is 0 Å². The fraction of sp³-hybridized carbons (Fsp3) is 0.200. The van der Waals surface area contributed by atoms with Crippen LogP contribution in [0.2, 0.25) is 0 Å². The van der Waals surface area contributed by atoms with Gasteiger partial charge in [-0.1, -0.05) is 49.4 Å². The maximum atomic E-state index is 10.2. The van der Waals surface area contributed by atoms with Gasteiger partial charge in [0.1, 0.15) is 6.10 Å². The molecule has 0 saturated heterocycles. The monoisotopic (exact) mass is 244 g/mol. The van der Waals surface area contributed by atoms with Gasteiger partial charge < -0.3 is 5.11 Å². The molecule has 0 heterocycles. The summed E-state index contributed by atoms with van der Waals surface area (Å²) in [5.74, 6) is 1.07. The molecule has 0 aliphatic heterocycles. The fourth-order valence-corrected chi connectivity index (χ4v) is 2.40. The Labute approximate surface area is 107 Å². The van der Waals surface area contributed by atoms with Gasteiger partial charge in [-0.05, 0) is 29.0 Å². The highest BCUT2D eigenvalue weighted by Gasteiger charge is 2.09. The van der Waals surface area contributed by atoms with E-state index in [0.717, 1.165) is 16.9 Å². The maximum Gasteiger partial charge on any atom is 0.104 e. The fourth-order valence-electron chi connectivity index (χ4n) is 1.74. The average molecular weight is 244 g/mol. The smallest absolute Gasteiger partial charge is 0.104 e. The van der Waals surface area contributed by atoms with Crippen LogP contribution >= 0.6 is 11.8 Å². The van der Waals surface area contributed by atoms with Gasteiger partial charge in [-0.3, -0.25) is 0 Å². The van der Waals surface area contributed by atoms with E-state index in [4.69, 9.17) is 0 Å². The highest BCUT2D eigenvalue weighted by molar-refractivity contribution is 7.99. The van der Waals surface area contributed by atoms with Crippen LogP contribution < -0.4 is 0 Å². The van der Waals surface area contributed by atoms with Crippen molar-refractivity contribution in [3.8, 4) is 0 Å². The normalized spacial score (nSPS) is 12.4. The standard InChI is InChI=1S/C15H16OS/c1-2-17-14-10-8-13(9-11-14)15(16)12-6-4-3-5-7-12/h3-11,15-16H,2H2,1H3/t15-/m0/s1. The number of thioether (sulfide) groups is 1. The van der Waals surface area contributed by atoms with E-state index in [-0.39, 0.29) is 0 Å². The molecule has 0 aliphatic carbocycles. The minimum Gasteiger partial charge on any atom is -0.384 e. The Morgan fingerprint density at radius 2 is 1.53 bits per heavy atom. The Bertz CT molecular complexity index is 450. The van der Waals surface area contributed by atoms with E-state index < -0.39 is 6.10 Å². The highest BCUT2D eigenvalue weighted by Crippen LogP contribution is 2.24. The van der Waals surface area contributed by atoms with Gasteiger partial charge in [0.2, 0.25) is 0 Å². The SMILES string of the molecule is CCSc1ccc([C@@H](O)c2ccccc2)cc1. The Balaban J connectivity index is 2.17. The van der Waals surface area contributed by atoms with Crippen molar-refractivity contribution in [1.29, 1.82) is 0 Å². The van der Waals surface area contributed by atoms with E-state index in [1.165, 1.54) is 4.90 Å². The molecule has 1 atom stereocenters. The molecule has 0 fully saturated rings. The summed E-state index contributed by atoms with van der Waals surface area (Å²) in [7, 11) is 0. The van der Waals surface area contributed by atoms with Crippen molar-refractivity contribution >= 4 is 11.8 Å². The molecule has 0 amide bonds. The summed E-state index contributed by atoms with van der Waals surface area (Å²) in [6, 6.07) is 17.9. The lowest BCUT2D eigenvalue weighted by molar-refractivity contribution is 0.220. The molecule has 17 heavy (non-hydrogen) atoms. The van der Waals surface area contributed by atoms with E-state index in [0.29, 0.717) is 0 Å². The summed E-state index contributed by atoms with van der Waals surface area (Å²) in [6.07, 6.45) is -0.531. The van der Waals surface area contributed by atoms with Crippen molar-refractivity contribution in [1.82, 2.24) is 0 Å². The zero-order valence-electron chi connectivity index (χ0n) is 9.84. The molecule has 0 aliphatic rings. The summed E-state index contributed by atoms with van der Waals surface area (Å²) >= 11 is 1.81. The van der Waals surface area contributed by atoms with Gasteiger partial charge >= 0.3 is 0 Å². The van der Waals surface area contributed by atoms with Crippen LogP contribution in [0.5, 0.6) is 0 Å². The molecule has 0 radical (unpaired) electrons. The van der Waals surface area contributed by atoms with Crippen LogP contribution in [0.1, 0.15) is 24.2 Å². The van der Waals surface area contributed by atoms with Crippen molar-refractivity contribution in [3.63, 3.8) is 0 Å². The van der Waals surface area contributed by atoms with E-state index >= 15 is 0 Å². The molecule has 0 saturated carbocycles. The van der Waals surface area contributed by atoms with Gasteiger partial charge in [0.15, 0.2) is 0 Å². The zero-order chi connectivity index (χ0) is 12.1. The van der Waals surface area contributed by atoms with Crippen LogP contribution in [-0.2, 0) is 0 Å². The molecular formula is C15H16OS. The second-order valence-electron chi connectivity index (χ2n) is 3.82. The Morgan fingerprint density at radius 1 is 0.941 bits per heavy atom. The van der Waals surface area contributed by atoms with Crippen LogP contribution in [0.3, 0.4) is 0 Å². The van der Waals surface area contributed by atoms with E-state index in [2.05, 4.69) is 19.1 Å². The topological polar surface area (TPSA) is 20.2 Å². The van der Waals surface area contributed by atoms with Crippen molar-refractivity contribution < 1.29 is 5.11 Å². The first-order chi connectivity index (χ1) is 8.31. The van der Waals surface area contributed by atoms with Crippen molar-refractivity contribution in [3.05, 3.63) is 65.7 Å². The molecule has 2 aromatic carbocycles. The molecule has 1 nitrogen and oxygen atoms in total. The van der Waals surface area contributed by atoms with Crippen LogP contribution in [0.15, 0.2) is 59.5 Å². The van der Waals surface area contributed by atoms with Gasteiger partial charge in [0.05, 0.1) is 0 Å².